The summed E-state index contributed by atoms with van der Waals surface area (Å²) in [6.45, 7) is 4.28. The molecule has 6 heteroatoms. The Hall–Kier alpha value is -0.590. The largest absolute Gasteiger partial charge is 0.492 e. The summed E-state index contributed by atoms with van der Waals surface area (Å²) in [6, 6.07) is 3.91. The highest BCUT2D eigenvalue weighted by atomic mass is 79.9. The van der Waals surface area contributed by atoms with Crippen LogP contribution in [-0.4, -0.2) is 33.1 Å². The Labute approximate surface area is 123 Å². The van der Waals surface area contributed by atoms with Gasteiger partial charge in [0.2, 0.25) is 0 Å². The van der Waals surface area contributed by atoms with Crippen LogP contribution >= 0.6 is 15.9 Å². The van der Waals surface area contributed by atoms with Gasteiger partial charge in [0.15, 0.2) is 9.84 Å². The smallest absolute Gasteiger partial charge is 0.153 e. The second kappa shape index (κ2) is 7.26. The predicted octanol–water partition coefficient (Wildman–Crippen LogP) is 2.07. The zero-order chi connectivity index (χ0) is 14.5. The van der Waals surface area contributed by atoms with Gasteiger partial charge < -0.3 is 10.5 Å². The normalized spacial score (nSPS) is 11.6. The highest BCUT2D eigenvalue weighted by molar-refractivity contribution is 9.10. The molecule has 1 rings (SSSR count). The Bertz CT molecular complexity index is 529. The van der Waals surface area contributed by atoms with E-state index in [-0.39, 0.29) is 18.1 Å². The van der Waals surface area contributed by atoms with E-state index < -0.39 is 9.84 Å². The maximum Gasteiger partial charge on any atom is 0.153 e. The van der Waals surface area contributed by atoms with Gasteiger partial charge in [0.05, 0.1) is 5.75 Å². The van der Waals surface area contributed by atoms with Gasteiger partial charge >= 0.3 is 0 Å². The molecule has 19 heavy (non-hydrogen) atoms. The molecule has 0 bridgehead atoms. The van der Waals surface area contributed by atoms with Crippen molar-refractivity contribution < 1.29 is 13.2 Å². The van der Waals surface area contributed by atoms with Crippen molar-refractivity contribution in [2.24, 2.45) is 5.73 Å². The fourth-order valence-electron chi connectivity index (χ4n) is 1.76. The lowest BCUT2D eigenvalue weighted by molar-refractivity contribution is 0.335. The topological polar surface area (TPSA) is 69.4 Å². The molecule has 0 radical (unpaired) electrons. The minimum atomic E-state index is -2.99. The molecule has 0 aromatic heterocycles. The molecule has 0 atom stereocenters. The predicted molar refractivity (Wildman–Crippen MR) is 81.5 cm³/mol. The standard InChI is InChI=1S/C13H20BrNO3S/c1-3-19(16,17)7-6-18-13-10(2)8-12(14)9-11(13)4-5-15/h8-9H,3-7,15H2,1-2H3. The second-order valence-corrected chi connectivity index (χ2v) is 7.72. The van der Waals surface area contributed by atoms with Crippen LogP contribution in [0.1, 0.15) is 18.1 Å². The maximum absolute atomic E-state index is 11.4. The van der Waals surface area contributed by atoms with Crippen LogP contribution < -0.4 is 10.5 Å². The monoisotopic (exact) mass is 349 g/mol. The lowest BCUT2D eigenvalue weighted by Gasteiger charge is -2.14. The van der Waals surface area contributed by atoms with Gasteiger partial charge in [-0.2, -0.15) is 0 Å². The van der Waals surface area contributed by atoms with Crippen LogP contribution in [0, 0.1) is 6.92 Å². The van der Waals surface area contributed by atoms with E-state index in [2.05, 4.69) is 15.9 Å². The molecule has 0 heterocycles. The highest BCUT2D eigenvalue weighted by Crippen LogP contribution is 2.28. The van der Waals surface area contributed by atoms with Gasteiger partial charge in [0.25, 0.3) is 0 Å². The average Bonchev–Trinajstić information content (AvgIpc) is 2.33. The summed E-state index contributed by atoms with van der Waals surface area (Å²) < 4.78 is 29.5. The summed E-state index contributed by atoms with van der Waals surface area (Å²) in [4.78, 5) is 0. The van der Waals surface area contributed by atoms with E-state index in [1.807, 2.05) is 19.1 Å². The van der Waals surface area contributed by atoms with Gasteiger partial charge in [0, 0.05) is 10.2 Å². The Morgan fingerprint density at radius 3 is 2.63 bits per heavy atom. The van der Waals surface area contributed by atoms with Crippen molar-refractivity contribution in [3.8, 4) is 5.75 Å². The average molecular weight is 350 g/mol. The van der Waals surface area contributed by atoms with Crippen LogP contribution in [-0.2, 0) is 16.3 Å². The molecule has 0 spiro atoms. The van der Waals surface area contributed by atoms with Crippen LogP contribution in [0.4, 0.5) is 0 Å². The fourth-order valence-corrected chi connectivity index (χ4v) is 3.01. The summed E-state index contributed by atoms with van der Waals surface area (Å²) in [5.41, 5.74) is 7.56. The fraction of sp³-hybridized carbons (Fsp3) is 0.538. The molecule has 0 fully saturated rings. The lowest BCUT2D eigenvalue weighted by atomic mass is 10.1. The summed E-state index contributed by atoms with van der Waals surface area (Å²) in [6.07, 6.45) is 0.705. The van der Waals surface area contributed by atoms with E-state index in [4.69, 9.17) is 10.5 Å². The minimum Gasteiger partial charge on any atom is -0.492 e. The van der Waals surface area contributed by atoms with Crippen molar-refractivity contribution in [2.45, 2.75) is 20.3 Å². The number of ether oxygens (including phenoxy) is 1. The van der Waals surface area contributed by atoms with Crippen molar-refractivity contribution >= 4 is 25.8 Å². The molecule has 0 saturated carbocycles. The van der Waals surface area contributed by atoms with Crippen molar-refractivity contribution in [3.63, 3.8) is 0 Å². The van der Waals surface area contributed by atoms with Crippen molar-refractivity contribution in [2.75, 3.05) is 24.7 Å². The summed E-state index contributed by atoms with van der Waals surface area (Å²) in [5, 5.41) is 0. The maximum atomic E-state index is 11.4. The van der Waals surface area contributed by atoms with Gasteiger partial charge in [-0.05, 0) is 43.1 Å². The van der Waals surface area contributed by atoms with E-state index in [0.717, 1.165) is 21.3 Å². The SMILES string of the molecule is CCS(=O)(=O)CCOc1c(C)cc(Br)cc1CCN. The zero-order valence-electron chi connectivity index (χ0n) is 11.3. The number of aryl methyl sites for hydroxylation is 1. The van der Waals surface area contributed by atoms with Crippen LogP contribution in [0.15, 0.2) is 16.6 Å². The van der Waals surface area contributed by atoms with Crippen LogP contribution in [0.2, 0.25) is 0 Å². The molecule has 4 nitrogen and oxygen atoms in total. The molecule has 0 amide bonds. The molecule has 1 aromatic rings. The number of benzene rings is 1. The quantitative estimate of drug-likeness (QED) is 0.817. The molecule has 1 aromatic carbocycles. The third-order valence-corrected chi connectivity index (χ3v) is 4.94. The molecular weight excluding hydrogens is 330 g/mol. The Morgan fingerprint density at radius 2 is 2.05 bits per heavy atom. The van der Waals surface area contributed by atoms with Crippen molar-refractivity contribution in [3.05, 3.63) is 27.7 Å². The zero-order valence-corrected chi connectivity index (χ0v) is 13.7. The number of hydrogen-bond acceptors (Lipinski definition) is 4. The molecule has 0 aliphatic carbocycles. The molecular formula is C13H20BrNO3S. The Morgan fingerprint density at radius 1 is 1.37 bits per heavy atom. The number of nitrogens with two attached hydrogens (primary N) is 1. The van der Waals surface area contributed by atoms with Gasteiger partial charge in [-0.25, -0.2) is 8.42 Å². The van der Waals surface area contributed by atoms with E-state index in [1.165, 1.54) is 0 Å². The third-order valence-electron chi connectivity index (χ3n) is 2.81. The highest BCUT2D eigenvalue weighted by Gasteiger charge is 2.11. The van der Waals surface area contributed by atoms with Gasteiger partial charge in [-0.15, -0.1) is 0 Å². The van der Waals surface area contributed by atoms with E-state index in [9.17, 15) is 8.42 Å². The molecule has 0 aliphatic rings. The molecule has 0 aliphatic heterocycles. The van der Waals surface area contributed by atoms with Crippen molar-refractivity contribution in [1.82, 2.24) is 0 Å². The Kier molecular flexibility index (Phi) is 6.29. The number of halogens is 1. The van der Waals surface area contributed by atoms with E-state index >= 15 is 0 Å². The van der Waals surface area contributed by atoms with Gasteiger partial charge in [-0.1, -0.05) is 22.9 Å². The summed E-state index contributed by atoms with van der Waals surface area (Å²) in [7, 11) is -2.99. The first-order valence-electron chi connectivity index (χ1n) is 6.22. The molecule has 108 valence electrons. The van der Waals surface area contributed by atoms with Crippen LogP contribution in [0.3, 0.4) is 0 Å². The molecule has 2 N–H and O–H groups in total. The number of rotatable bonds is 7. The lowest BCUT2D eigenvalue weighted by Crippen LogP contribution is -2.16. The molecule has 0 unspecified atom stereocenters. The molecule has 0 saturated heterocycles. The number of sulfone groups is 1. The Balaban J connectivity index is 2.82. The van der Waals surface area contributed by atoms with Gasteiger partial charge in [0.1, 0.15) is 12.4 Å². The second-order valence-electron chi connectivity index (χ2n) is 4.33. The van der Waals surface area contributed by atoms with E-state index in [1.54, 1.807) is 6.92 Å². The summed E-state index contributed by atoms with van der Waals surface area (Å²) in [5.74, 6) is 0.937. The first-order chi connectivity index (χ1) is 8.89. The van der Waals surface area contributed by atoms with Crippen molar-refractivity contribution in [1.29, 1.82) is 0 Å². The minimum absolute atomic E-state index is 0.0427. The first-order valence-corrected chi connectivity index (χ1v) is 8.83. The summed E-state index contributed by atoms with van der Waals surface area (Å²) >= 11 is 3.44. The first kappa shape index (κ1) is 16.5. The van der Waals surface area contributed by atoms with Gasteiger partial charge in [-0.3, -0.25) is 0 Å². The van der Waals surface area contributed by atoms with E-state index in [0.29, 0.717) is 13.0 Å². The van der Waals surface area contributed by atoms with Crippen LogP contribution in [0.5, 0.6) is 5.75 Å². The number of hydrogen-bond donors (Lipinski definition) is 1. The third kappa shape index (κ3) is 5.12. The van der Waals surface area contributed by atoms with Crippen LogP contribution in [0.25, 0.3) is 0 Å².